The minimum absolute atomic E-state index is 0.107. The number of ether oxygens (including phenoxy) is 1. The van der Waals surface area contributed by atoms with Gasteiger partial charge in [0, 0.05) is 6.42 Å². The van der Waals surface area contributed by atoms with E-state index < -0.39 is 7.82 Å². The third kappa shape index (κ3) is 7.77. The van der Waals surface area contributed by atoms with Gasteiger partial charge in [-0.05, 0) is 41.7 Å². The zero-order chi connectivity index (χ0) is 21.1. The third-order valence-corrected chi connectivity index (χ3v) is 5.63. The molecule has 1 N–H and O–H groups in total. The Hall–Kier alpha value is -2.43. The molecule has 0 amide bonds. The number of hydrogen-bond acceptors (Lipinski definition) is 4. The molecule has 0 fully saturated rings. The topological polar surface area (TPSA) is 65.0 Å². The number of phosphoric acid groups is 1. The van der Waals surface area contributed by atoms with Crippen molar-refractivity contribution in [1.29, 1.82) is 0 Å². The van der Waals surface area contributed by atoms with Gasteiger partial charge in [0.25, 0.3) is 0 Å². The molecule has 0 aliphatic carbocycles. The molecule has 5 nitrogen and oxygen atoms in total. The van der Waals surface area contributed by atoms with E-state index in [0.717, 1.165) is 28.9 Å². The average molecular weight is 426 g/mol. The molecule has 0 spiro atoms. The molecule has 0 aliphatic rings. The lowest BCUT2D eigenvalue weighted by Gasteiger charge is -2.14. The molecular weight excluding hydrogens is 399 g/mol. The van der Waals surface area contributed by atoms with Crippen molar-refractivity contribution >= 4 is 7.82 Å². The van der Waals surface area contributed by atoms with Crippen molar-refractivity contribution in [2.45, 2.75) is 19.3 Å². The van der Waals surface area contributed by atoms with Crippen LogP contribution in [0.25, 0.3) is 0 Å². The first-order valence-corrected chi connectivity index (χ1v) is 11.5. The van der Waals surface area contributed by atoms with E-state index in [1.807, 2.05) is 84.9 Å². The van der Waals surface area contributed by atoms with E-state index in [2.05, 4.69) is 0 Å². The molecule has 1 atom stereocenters. The molecule has 3 aromatic carbocycles. The first-order chi connectivity index (χ1) is 14.6. The summed E-state index contributed by atoms with van der Waals surface area (Å²) in [5.41, 5.74) is 3.25. The summed E-state index contributed by atoms with van der Waals surface area (Å²) in [7, 11) is -4.07. The van der Waals surface area contributed by atoms with E-state index in [0.29, 0.717) is 19.4 Å². The third-order valence-electron chi connectivity index (χ3n) is 4.62. The van der Waals surface area contributed by atoms with Gasteiger partial charge in [0.05, 0.1) is 19.8 Å². The van der Waals surface area contributed by atoms with Gasteiger partial charge in [-0.25, -0.2) is 4.57 Å². The molecule has 30 heavy (non-hydrogen) atoms. The van der Waals surface area contributed by atoms with Crippen LogP contribution < -0.4 is 4.74 Å². The van der Waals surface area contributed by atoms with Gasteiger partial charge in [-0.15, -0.1) is 0 Å². The zero-order valence-corrected chi connectivity index (χ0v) is 17.7. The van der Waals surface area contributed by atoms with Crippen molar-refractivity contribution < 1.29 is 23.2 Å². The van der Waals surface area contributed by atoms with Crippen LogP contribution in [-0.4, -0.2) is 24.7 Å². The Morgan fingerprint density at radius 1 is 0.633 bits per heavy atom. The highest BCUT2D eigenvalue weighted by Crippen LogP contribution is 2.43. The highest BCUT2D eigenvalue weighted by atomic mass is 31.2. The number of benzene rings is 3. The highest BCUT2D eigenvalue weighted by molar-refractivity contribution is 7.47. The summed E-state index contributed by atoms with van der Waals surface area (Å²) < 4.78 is 28.1. The maximum absolute atomic E-state index is 12.1. The van der Waals surface area contributed by atoms with Crippen LogP contribution in [0.15, 0.2) is 84.9 Å². The molecule has 0 bridgehead atoms. The van der Waals surface area contributed by atoms with E-state index in [9.17, 15) is 9.46 Å². The zero-order valence-electron chi connectivity index (χ0n) is 16.9. The Morgan fingerprint density at radius 3 is 1.77 bits per heavy atom. The molecule has 0 heterocycles. The van der Waals surface area contributed by atoms with Gasteiger partial charge in [-0.1, -0.05) is 72.8 Å². The first-order valence-electron chi connectivity index (χ1n) is 10.0. The van der Waals surface area contributed by atoms with Gasteiger partial charge in [-0.2, -0.15) is 0 Å². The van der Waals surface area contributed by atoms with E-state index in [-0.39, 0.29) is 13.2 Å². The van der Waals surface area contributed by atoms with Crippen LogP contribution >= 0.6 is 7.82 Å². The summed E-state index contributed by atoms with van der Waals surface area (Å²) in [6.45, 7) is 0.795. The van der Waals surface area contributed by atoms with Gasteiger partial charge in [0.1, 0.15) is 5.75 Å². The van der Waals surface area contributed by atoms with E-state index in [1.54, 1.807) is 0 Å². The lowest BCUT2D eigenvalue weighted by atomic mass is 10.0. The number of hydrogen-bond donors (Lipinski definition) is 1. The maximum atomic E-state index is 12.1. The highest BCUT2D eigenvalue weighted by Gasteiger charge is 2.20. The van der Waals surface area contributed by atoms with Gasteiger partial charge >= 0.3 is 7.82 Å². The van der Waals surface area contributed by atoms with Crippen LogP contribution in [0, 0.1) is 0 Å². The Morgan fingerprint density at radius 2 is 1.13 bits per heavy atom. The minimum atomic E-state index is -4.07. The van der Waals surface area contributed by atoms with E-state index >= 15 is 0 Å². The SMILES string of the molecule is O=P(O)(OCCc1ccccc1)OCCc1ccccc1CCOc1ccccc1. The summed E-state index contributed by atoms with van der Waals surface area (Å²) in [6, 6.07) is 27.3. The Labute approximate surface area is 177 Å². The predicted molar refractivity (Wildman–Crippen MR) is 118 cm³/mol. The normalized spacial score (nSPS) is 13.0. The van der Waals surface area contributed by atoms with Gasteiger partial charge in [0.15, 0.2) is 0 Å². The average Bonchev–Trinajstić information content (AvgIpc) is 2.76. The molecule has 0 saturated carbocycles. The Balaban J connectivity index is 1.42. The van der Waals surface area contributed by atoms with Crippen LogP contribution in [0.2, 0.25) is 0 Å². The molecule has 0 aliphatic heterocycles. The largest absolute Gasteiger partial charge is 0.493 e. The molecule has 3 aromatic rings. The molecule has 158 valence electrons. The second-order valence-corrected chi connectivity index (χ2v) is 8.25. The minimum Gasteiger partial charge on any atom is -0.493 e. The second-order valence-electron chi connectivity index (χ2n) is 6.80. The Kier molecular flexibility index (Phi) is 8.66. The lowest BCUT2D eigenvalue weighted by molar-refractivity contribution is 0.152. The van der Waals surface area contributed by atoms with Gasteiger partial charge in [-0.3, -0.25) is 9.05 Å². The summed E-state index contributed by atoms with van der Waals surface area (Å²) in [6.07, 6.45) is 1.82. The standard InChI is InChI=1S/C24H27O5P/c25-30(26,28-19-15-21-9-3-1-4-10-21)29-20-17-23-12-8-7-11-22(23)16-18-27-24-13-5-2-6-14-24/h1-14H,15-20H2,(H,25,26). The van der Waals surface area contributed by atoms with Gasteiger partial charge in [0.2, 0.25) is 0 Å². The molecule has 0 radical (unpaired) electrons. The summed E-state index contributed by atoms with van der Waals surface area (Å²) >= 11 is 0. The predicted octanol–water partition coefficient (Wildman–Crippen LogP) is 5.23. The van der Waals surface area contributed by atoms with Crippen molar-refractivity contribution in [1.82, 2.24) is 0 Å². The molecule has 0 aromatic heterocycles. The van der Waals surface area contributed by atoms with Crippen LogP contribution in [-0.2, 0) is 32.9 Å². The summed E-state index contributed by atoms with van der Waals surface area (Å²) in [5.74, 6) is 0.840. The second kappa shape index (κ2) is 11.7. The van der Waals surface area contributed by atoms with Crippen LogP contribution in [0.3, 0.4) is 0 Å². The number of rotatable bonds is 12. The van der Waals surface area contributed by atoms with Crippen molar-refractivity contribution in [2.75, 3.05) is 19.8 Å². The molecule has 1 unspecified atom stereocenters. The van der Waals surface area contributed by atoms with Crippen LogP contribution in [0.4, 0.5) is 0 Å². The van der Waals surface area contributed by atoms with Crippen molar-refractivity contribution in [3.63, 3.8) is 0 Å². The van der Waals surface area contributed by atoms with Crippen molar-refractivity contribution in [3.8, 4) is 5.75 Å². The van der Waals surface area contributed by atoms with E-state index in [4.69, 9.17) is 13.8 Å². The smallest absolute Gasteiger partial charge is 0.472 e. The first kappa shape index (κ1) is 22.3. The quantitative estimate of drug-likeness (QED) is 0.402. The summed E-state index contributed by atoms with van der Waals surface area (Å²) in [5, 5.41) is 0. The van der Waals surface area contributed by atoms with Crippen LogP contribution in [0.5, 0.6) is 5.75 Å². The fraction of sp³-hybridized carbons (Fsp3) is 0.250. The maximum Gasteiger partial charge on any atom is 0.472 e. The van der Waals surface area contributed by atoms with Gasteiger partial charge < -0.3 is 9.63 Å². The van der Waals surface area contributed by atoms with Crippen molar-refractivity contribution in [3.05, 3.63) is 102 Å². The van der Waals surface area contributed by atoms with Crippen molar-refractivity contribution in [2.24, 2.45) is 0 Å². The monoisotopic (exact) mass is 426 g/mol. The fourth-order valence-corrected chi connectivity index (χ4v) is 3.79. The molecular formula is C24H27O5P. The Bertz CT molecular complexity index is 931. The van der Waals surface area contributed by atoms with E-state index in [1.165, 1.54) is 0 Å². The fourth-order valence-electron chi connectivity index (χ4n) is 3.07. The number of para-hydroxylation sites is 1. The molecule has 3 rings (SSSR count). The number of phosphoric ester groups is 1. The summed E-state index contributed by atoms with van der Waals surface area (Å²) in [4.78, 5) is 9.90. The van der Waals surface area contributed by atoms with Crippen LogP contribution in [0.1, 0.15) is 16.7 Å². The molecule has 0 saturated heterocycles. The molecule has 6 heteroatoms. The lowest BCUT2D eigenvalue weighted by Crippen LogP contribution is -2.06.